The van der Waals surface area contributed by atoms with Gasteiger partial charge in [0, 0.05) is 13.1 Å². The van der Waals surface area contributed by atoms with Crippen LogP contribution in [0.3, 0.4) is 0 Å². The summed E-state index contributed by atoms with van der Waals surface area (Å²) in [6, 6.07) is 4.39. The Balaban J connectivity index is 1.94. The number of aromatic nitrogens is 1. The van der Waals surface area contributed by atoms with Crippen molar-refractivity contribution in [3.8, 4) is 0 Å². The van der Waals surface area contributed by atoms with Crippen molar-refractivity contribution < 1.29 is 8.81 Å². The number of anilines is 1. The summed E-state index contributed by atoms with van der Waals surface area (Å²) in [4.78, 5) is 19.0. The zero-order valence-electron chi connectivity index (χ0n) is 11.3. The van der Waals surface area contributed by atoms with Crippen molar-refractivity contribution in [3.63, 3.8) is 0 Å². The monoisotopic (exact) mass is 304 g/mol. The second kappa shape index (κ2) is 4.80. The van der Waals surface area contributed by atoms with Crippen LogP contribution in [0, 0.1) is 5.82 Å². The van der Waals surface area contributed by atoms with E-state index in [4.69, 9.17) is 4.42 Å². The van der Waals surface area contributed by atoms with Crippen LogP contribution in [-0.4, -0.2) is 18.1 Å². The molecule has 0 aliphatic carbocycles. The molecule has 1 aliphatic heterocycles. The number of rotatable bonds is 1. The zero-order valence-corrected chi connectivity index (χ0v) is 12.1. The van der Waals surface area contributed by atoms with Gasteiger partial charge in [-0.1, -0.05) is 17.4 Å². The van der Waals surface area contributed by atoms with Gasteiger partial charge >= 0.3 is 0 Å². The van der Waals surface area contributed by atoms with Gasteiger partial charge in [0.2, 0.25) is 11.1 Å². The second-order valence-electron chi connectivity index (χ2n) is 5.23. The Kier molecular flexibility index (Phi) is 2.92. The van der Waals surface area contributed by atoms with Crippen LogP contribution in [0.2, 0.25) is 0 Å². The predicted molar refractivity (Wildman–Crippen MR) is 81.7 cm³/mol. The van der Waals surface area contributed by atoms with Crippen molar-refractivity contribution in [3.05, 3.63) is 34.2 Å². The van der Waals surface area contributed by atoms with E-state index in [0.29, 0.717) is 4.70 Å². The SMILES string of the molecule is O=c1c2cccc(F)c2oc2nc(N3CCCCC3)sc12. The van der Waals surface area contributed by atoms with Gasteiger partial charge in [-0.3, -0.25) is 4.79 Å². The number of hydrogen-bond acceptors (Lipinski definition) is 5. The summed E-state index contributed by atoms with van der Waals surface area (Å²) in [6.07, 6.45) is 3.50. The Labute approximate surface area is 123 Å². The highest BCUT2D eigenvalue weighted by Crippen LogP contribution is 2.31. The Bertz CT molecular complexity index is 880. The van der Waals surface area contributed by atoms with Crippen molar-refractivity contribution in [1.82, 2.24) is 4.98 Å². The largest absolute Gasteiger partial charge is 0.433 e. The van der Waals surface area contributed by atoms with E-state index in [2.05, 4.69) is 9.88 Å². The van der Waals surface area contributed by atoms with E-state index in [0.717, 1.165) is 31.1 Å². The first-order valence-corrected chi connectivity index (χ1v) is 7.82. The molecular weight excluding hydrogens is 291 g/mol. The lowest BCUT2D eigenvalue weighted by molar-refractivity contribution is 0.567. The molecule has 0 atom stereocenters. The average molecular weight is 304 g/mol. The molecule has 0 spiro atoms. The number of hydrogen-bond donors (Lipinski definition) is 0. The topological polar surface area (TPSA) is 46.3 Å². The highest BCUT2D eigenvalue weighted by atomic mass is 32.1. The van der Waals surface area contributed by atoms with E-state index in [9.17, 15) is 9.18 Å². The maximum absolute atomic E-state index is 13.8. The number of halogens is 1. The number of thiazole rings is 1. The Morgan fingerprint density at radius 3 is 2.86 bits per heavy atom. The number of para-hydroxylation sites is 1. The molecule has 0 amide bonds. The first-order valence-electron chi connectivity index (χ1n) is 7.01. The molecular formula is C15H13FN2O2S. The standard InChI is InChI=1S/C15H13FN2O2S/c16-10-6-4-5-9-11(19)13-14(20-12(9)10)17-15(21-13)18-7-2-1-3-8-18/h4-6H,1-3,7-8H2. The Morgan fingerprint density at radius 2 is 2.05 bits per heavy atom. The Hall–Kier alpha value is -1.95. The summed E-state index contributed by atoms with van der Waals surface area (Å²) in [5, 5.41) is 1.07. The smallest absolute Gasteiger partial charge is 0.243 e. The van der Waals surface area contributed by atoms with Crippen LogP contribution in [0.4, 0.5) is 9.52 Å². The zero-order chi connectivity index (χ0) is 14.4. The van der Waals surface area contributed by atoms with Gasteiger partial charge in [0.1, 0.15) is 4.70 Å². The number of benzene rings is 1. The summed E-state index contributed by atoms with van der Waals surface area (Å²) in [6.45, 7) is 1.89. The van der Waals surface area contributed by atoms with E-state index in [1.165, 1.54) is 29.9 Å². The molecule has 3 aromatic rings. The average Bonchev–Trinajstić information content (AvgIpc) is 2.94. The normalized spacial score (nSPS) is 16.0. The molecule has 1 fully saturated rings. The summed E-state index contributed by atoms with van der Waals surface area (Å²) in [5.41, 5.74) is 0.0279. The maximum atomic E-state index is 13.8. The summed E-state index contributed by atoms with van der Waals surface area (Å²) in [7, 11) is 0. The molecule has 1 aliphatic rings. The van der Waals surface area contributed by atoms with E-state index in [-0.39, 0.29) is 22.1 Å². The summed E-state index contributed by atoms with van der Waals surface area (Å²) < 4.78 is 19.8. The van der Waals surface area contributed by atoms with E-state index in [1.54, 1.807) is 6.07 Å². The lowest BCUT2D eigenvalue weighted by Crippen LogP contribution is -2.29. The minimum atomic E-state index is -0.529. The molecule has 4 rings (SSSR count). The minimum Gasteiger partial charge on any atom is -0.433 e. The third-order valence-electron chi connectivity index (χ3n) is 3.83. The van der Waals surface area contributed by atoms with Gasteiger partial charge in [-0.15, -0.1) is 0 Å². The molecule has 4 nitrogen and oxygen atoms in total. The van der Waals surface area contributed by atoms with Gasteiger partial charge in [0.25, 0.3) is 0 Å². The van der Waals surface area contributed by atoms with Crippen LogP contribution >= 0.6 is 11.3 Å². The van der Waals surface area contributed by atoms with Gasteiger partial charge in [0.15, 0.2) is 16.5 Å². The quantitative estimate of drug-likeness (QED) is 0.690. The molecule has 1 aromatic carbocycles. The van der Waals surface area contributed by atoms with Gasteiger partial charge in [-0.2, -0.15) is 4.98 Å². The summed E-state index contributed by atoms with van der Waals surface area (Å²) >= 11 is 1.34. The highest BCUT2D eigenvalue weighted by molar-refractivity contribution is 7.22. The van der Waals surface area contributed by atoms with Gasteiger partial charge < -0.3 is 9.32 Å². The first-order chi connectivity index (χ1) is 10.2. The number of piperidine rings is 1. The summed E-state index contributed by atoms with van der Waals surface area (Å²) in [5.74, 6) is -0.529. The molecule has 2 aromatic heterocycles. The molecule has 0 bridgehead atoms. The molecule has 21 heavy (non-hydrogen) atoms. The molecule has 6 heteroatoms. The third kappa shape index (κ3) is 2.01. The maximum Gasteiger partial charge on any atom is 0.243 e. The van der Waals surface area contributed by atoms with Crippen LogP contribution in [0.5, 0.6) is 0 Å². The molecule has 108 valence electrons. The van der Waals surface area contributed by atoms with E-state index >= 15 is 0 Å². The number of fused-ring (bicyclic) bond motifs is 2. The van der Waals surface area contributed by atoms with Crippen molar-refractivity contribution in [1.29, 1.82) is 0 Å². The van der Waals surface area contributed by atoms with Crippen LogP contribution in [0.25, 0.3) is 21.4 Å². The second-order valence-corrected chi connectivity index (χ2v) is 6.20. The van der Waals surface area contributed by atoms with Gasteiger partial charge in [-0.25, -0.2) is 4.39 Å². The first kappa shape index (κ1) is 12.8. The molecule has 0 radical (unpaired) electrons. The van der Waals surface area contributed by atoms with Crippen molar-refractivity contribution in [2.75, 3.05) is 18.0 Å². The molecule has 1 saturated heterocycles. The predicted octanol–water partition coefficient (Wildman–Crippen LogP) is 3.53. The minimum absolute atomic E-state index is 0.00880. The van der Waals surface area contributed by atoms with E-state index in [1.807, 2.05) is 0 Å². The highest BCUT2D eigenvalue weighted by Gasteiger charge is 2.19. The third-order valence-corrected chi connectivity index (χ3v) is 4.92. The van der Waals surface area contributed by atoms with Crippen molar-refractivity contribution in [2.45, 2.75) is 19.3 Å². The van der Waals surface area contributed by atoms with Crippen LogP contribution in [-0.2, 0) is 0 Å². The lowest BCUT2D eigenvalue weighted by atomic mass is 10.1. The lowest BCUT2D eigenvalue weighted by Gasteiger charge is -2.25. The molecule has 0 unspecified atom stereocenters. The van der Waals surface area contributed by atoms with E-state index < -0.39 is 5.82 Å². The van der Waals surface area contributed by atoms with Crippen molar-refractivity contribution in [2.24, 2.45) is 0 Å². The molecule has 0 N–H and O–H groups in total. The van der Waals surface area contributed by atoms with Crippen molar-refractivity contribution >= 4 is 37.9 Å². The number of nitrogens with zero attached hydrogens (tertiary/aromatic N) is 2. The fraction of sp³-hybridized carbons (Fsp3) is 0.333. The Morgan fingerprint density at radius 1 is 1.24 bits per heavy atom. The molecule has 0 saturated carbocycles. The molecule has 3 heterocycles. The van der Waals surface area contributed by atoms with Gasteiger partial charge in [0.05, 0.1) is 5.39 Å². The fourth-order valence-electron chi connectivity index (χ4n) is 2.74. The van der Waals surface area contributed by atoms with Gasteiger partial charge in [-0.05, 0) is 31.4 Å². The van der Waals surface area contributed by atoms with Crippen LogP contribution in [0.15, 0.2) is 27.4 Å². The van der Waals surface area contributed by atoms with Crippen LogP contribution < -0.4 is 10.3 Å². The van der Waals surface area contributed by atoms with Crippen LogP contribution in [0.1, 0.15) is 19.3 Å². The fourth-order valence-corrected chi connectivity index (χ4v) is 3.74.